The molecule has 0 saturated carbocycles. The van der Waals surface area contributed by atoms with Gasteiger partial charge in [0.15, 0.2) is 0 Å². The maximum atomic E-state index is 6.31. The molecular formula is C13H18BrCl2N3. The van der Waals surface area contributed by atoms with Crippen LogP contribution in [0.3, 0.4) is 0 Å². The fourth-order valence-electron chi connectivity index (χ4n) is 3.17. The first-order chi connectivity index (χ1) is 8.69. The molecule has 0 radical (unpaired) electrons. The van der Waals surface area contributed by atoms with Crippen LogP contribution in [-0.2, 0) is 0 Å². The smallest absolute Gasteiger partial charge is 0.147 e. The summed E-state index contributed by atoms with van der Waals surface area (Å²) >= 11 is 9.71. The predicted octanol–water partition coefficient (Wildman–Crippen LogP) is 3.50. The van der Waals surface area contributed by atoms with Crippen LogP contribution in [0.1, 0.15) is 19.3 Å². The Hall–Kier alpha value is -0.0300. The Morgan fingerprint density at radius 1 is 1.42 bits per heavy atom. The number of pyridine rings is 1. The van der Waals surface area contributed by atoms with Gasteiger partial charge in [-0.15, -0.1) is 12.4 Å². The quantitative estimate of drug-likeness (QED) is 0.824. The summed E-state index contributed by atoms with van der Waals surface area (Å²) in [7, 11) is 0. The number of nitrogens with one attached hydrogen (secondary N) is 1. The van der Waals surface area contributed by atoms with E-state index >= 15 is 0 Å². The fourth-order valence-corrected chi connectivity index (χ4v) is 3.92. The molecule has 1 N–H and O–H groups in total. The first-order valence-corrected chi connectivity index (χ1v) is 7.62. The Morgan fingerprint density at radius 3 is 2.95 bits per heavy atom. The van der Waals surface area contributed by atoms with Crippen LogP contribution in [0.5, 0.6) is 0 Å². The van der Waals surface area contributed by atoms with Gasteiger partial charge in [-0.1, -0.05) is 11.6 Å². The van der Waals surface area contributed by atoms with Crippen molar-refractivity contribution in [3.8, 4) is 0 Å². The topological polar surface area (TPSA) is 28.2 Å². The Labute approximate surface area is 133 Å². The van der Waals surface area contributed by atoms with Crippen molar-refractivity contribution in [3.63, 3.8) is 0 Å². The first kappa shape index (κ1) is 15.4. The van der Waals surface area contributed by atoms with Gasteiger partial charge < -0.3 is 10.2 Å². The number of piperidine rings is 1. The zero-order chi connectivity index (χ0) is 12.6. The Morgan fingerprint density at radius 2 is 2.26 bits per heavy atom. The number of anilines is 1. The average Bonchev–Trinajstić information content (AvgIpc) is 2.77. The van der Waals surface area contributed by atoms with Gasteiger partial charge in [0.25, 0.3) is 0 Å². The van der Waals surface area contributed by atoms with Crippen LogP contribution in [0.15, 0.2) is 16.7 Å². The molecule has 3 rings (SSSR count). The van der Waals surface area contributed by atoms with Crippen LogP contribution < -0.4 is 10.2 Å². The van der Waals surface area contributed by atoms with Crippen molar-refractivity contribution in [1.29, 1.82) is 0 Å². The summed E-state index contributed by atoms with van der Waals surface area (Å²) in [5.74, 6) is 0.936. The molecular weight excluding hydrogens is 349 g/mol. The Bertz CT molecular complexity index is 450. The average molecular weight is 367 g/mol. The van der Waals surface area contributed by atoms with E-state index in [-0.39, 0.29) is 12.4 Å². The van der Waals surface area contributed by atoms with Crippen molar-refractivity contribution < 1.29 is 0 Å². The minimum Gasteiger partial charge on any atom is -0.355 e. The number of nitrogens with zero attached hydrogens (tertiary/aromatic N) is 2. The lowest BCUT2D eigenvalue weighted by atomic mass is 9.79. The molecule has 1 spiro atoms. The molecule has 1 aromatic heterocycles. The van der Waals surface area contributed by atoms with Crippen molar-refractivity contribution in [2.24, 2.45) is 5.41 Å². The van der Waals surface area contributed by atoms with Crippen LogP contribution in [0.25, 0.3) is 0 Å². The van der Waals surface area contributed by atoms with Crippen LogP contribution in [0.2, 0.25) is 5.02 Å². The van der Waals surface area contributed by atoms with Gasteiger partial charge in [0, 0.05) is 35.7 Å². The van der Waals surface area contributed by atoms with Crippen molar-refractivity contribution in [2.75, 3.05) is 31.1 Å². The lowest BCUT2D eigenvalue weighted by molar-refractivity contribution is 0.260. The monoisotopic (exact) mass is 365 g/mol. The molecule has 0 bridgehead atoms. The number of aromatic nitrogens is 1. The summed E-state index contributed by atoms with van der Waals surface area (Å²) < 4.78 is 0.936. The molecule has 2 aliphatic rings. The molecule has 0 amide bonds. The molecule has 2 fully saturated rings. The second-order valence-electron chi connectivity index (χ2n) is 5.41. The highest BCUT2D eigenvalue weighted by Crippen LogP contribution is 2.38. The van der Waals surface area contributed by atoms with E-state index in [9.17, 15) is 0 Å². The van der Waals surface area contributed by atoms with E-state index in [4.69, 9.17) is 11.6 Å². The van der Waals surface area contributed by atoms with Crippen LogP contribution >= 0.6 is 39.9 Å². The van der Waals surface area contributed by atoms with Crippen molar-refractivity contribution >= 4 is 45.8 Å². The van der Waals surface area contributed by atoms with E-state index < -0.39 is 0 Å². The third-order valence-electron chi connectivity index (χ3n) is 4.08. The summed E-state index contributed by atoms with van der Waals surface area (Å²) in [6, 6.07) is 1.93. The van der Waals surface area contributed by atoms with Gasteiger partial charge in [-0.3, -0.25) is 0 Å². The molecule has 2 saturated heterocycles. The summed E-state index contributed by atoms with van der Waals surface area (Å²) in [6.45, 7) is 4.43. The standard InChI is InChI=1S/C13H17BrClN3.ClH/c14-10-6-11(15)12(17-7-10)18-5-1-2-13(9-18)3-4-16-8-13;/h6-7,16H,1-5,8-9H2;1H. The van der Waals surface area contributed by atoms with Gasteiger partial charge in [0.2, 0.25) is 0 Å². The third-order valence-corrected chi connectivity index (χ3v) is 4.79. The Balaban J connectivity index is 0.00000133. The SMILES string of the molecule is Cl.Clc1cc(Br)cnc1N1CCCC2(CCNC2)C1. The highest BCUT2D eigenvalue weighted by atomic mass is 79.9. The van der Waals surface area contributed by atoms with Crippen LogP contribution in [-0.4, -0.2) is 31.2 Å². The summed E-state index contributed by atoms with van der Waals surface area (Å²) in [5.41, 5.74) is 0.441. The minimum absolute atomic E-state index is 0. The number of hydrogen-bond acceptors (Lipinski definition) is 3. The maximum absolute atomic E-state index is 6.31. The van der Waals surface area contributed by atoms with Gasteiger partial charge in [-0.05, 0) is 47.8 Å². The fraction of sp³-hybridized carbons (Fsp3) is 0.615. The van der Waals surface area contributed by atoms with Gasteiger partial charge in [-0.25, -0.2) is 4.98 Å². The molecule has 19 heavy (non-hydrogen) atoms. The lowest BCUT2D eigenvalue weighted by Crippen LogP contribution is -2.45. The number of rotatable bonds is 1. The van der Waals surface area contributed by atoms with Crippen molar-refractivity contribution in [1.82, 2.24) is 10.3 Å². The number of hydrogen-bond donors (Lipinski definition) is 1. The Kier molecular flexibility index (Phi) is 4.99. The minimum atomic E-state index is 0. The van der Waals surface area contributed by atoms with Crippen LogP contribution in [0.4, 0.5) is 5.82 Å². The summed E-state index contributed by atoms with van der Waals surface area (Å²) in [6.07, 6.45) is 5.66. The van der Waals surface area contributed by atoms with E-state index in [0.717, 1.165) is 41.5 Å². The van der Waals surface area contributed by atoms with Gasteiger partial charge in [0.1, 0.15) is 5.82 Å². The normalized spacial score (nSPS) is 26.5. The highest BCUT2D eigenvalue weighted by Gasteiger charge is 2.38. The van der Waals surface area contributed by atoms with Crippen LogP contribution in [0, 0.1) is 5.41 Å². The molecule has 3 nitrogen and oxygen atoms in total. The van der Waals surface area contributed by atoms with Gasteiger partial charge in [0.05, 0.1) is 5.02 Å². The third kappa shape index (κ3) is 3.18. The van der Waals surface area contributed by atoms with Crippen molar-refractivity contribution in [2.45, 2.75) is 19.3 Å². The molecule has 0 aliphatic carbocycles. The predicted molar refractivity (Wildman–Crippen MR) is 85.6 cm³/mol. The van der Waals surface area contributed by atoms with E-state index in [1.165, 1.54) is 19.3 Å². The van der Waals surface area contributed by atoms with Gasteiger partial charge >= 0.3 is 0 Å². The zero-order valence-electron chi connectivity index (χ0n) is 10.7. The molecule has 6 heteroatoms. The van der Waals surface area contributed by atoms with Gasteiger partial charge in [-0.2, -0.15) is 0 Å². The molecule has 1 unspecified atom stereocenters. The molecule has 1 atom stereocenters. The lowest BCUT2D eigenvalue weighted by Gasteiger charge is -2.40. The molecule has 2 aliphatic heterocycles. The number of halogens is 3. The molecule has 3 heterocycles. The van der Waals surface area contributed by atoms with E-state index in [1.54, 1.807) is 0 Å². The first-order valence-electron chi connectivity index (χ1n) is 6.45. The highest BCUT2D eigenvalue weighted by molar-refractivity contribution is 9.10. The van der Waals surface area contributed by atoms with Crippen molar-refractivity contribution in [3.05, 3.63) is 21.8 Å². The zero-order valence-corrected chi connectivity index (χ0v) is 13.8. The second-order valence-corrected chi connectivity index (χ2v) is 6.73. The molecule has 0 aromatic carbocycles. The van der Waals surface area contributed by atoms with E-state index in [0.29, 0.717) is 5.41 Å². The van der Waals surface area contributed by atoms with E-state index in [2.05, 4.69) is 31.1 Å². The summed E-state index contributed by atoms with van der Waals surface area (Å²) in [5, 5.41) is 4.23. The maximum Gasteiger partial charge on any atom is 0.147 e. The second kappa shape index (κ2) is 6.17. The molecule has 106 valence electrons. The summed E-state index contributed by atoms with van der Waals surface area (Å²) in [4.78, 5) is 6.84. The largest absolute Gasteiger partial charge is 0.355 e. The molecule has 1 aromatic rings. The van der Waals surface area contributed by atoms with E-state index in [1.807, 2.05) is 12.3 Å².